The first-order valence-corrected chi connectivity index (χ1v) is 8.34. The number of nitrogens with zero attached hydrogens (tertiary/aromatic N) is 1. The molecular formula is C17H16N4O2S. The molecule has 0 aliphatic carbocycles. The van der Waals surface area contributed by atoms with Crippen molar-refractivity contribution in [1.82, 2.24) is 9.97 Å². The standard InChI is InChI=1S/C17H16N4O2S/c1-11(22)18-12-5-4-6-13(9-12)19-16(23)10-24-17-20-14-7-2-3-8-15(14)21-17/h2-9H,10H2,1H3,(H,18,22)(H,19,23)(H,20,21). The molecule has 7 heteroatoms. The number of imidazole rings is 1. The number of fused-ring (bicyclic) bond motifs is 1. The van der Waals surface area contributed by atoms with E-state index in [0.29, 0.717) is 16.5 Å². The van der Waals surface area contributed by atoms with Gasteiger partial charge in [-0.15, -0.1) is 0 Å². The molecular weight excluding hydrogens is 324 g/mol. The Morgan fingerprint density at radius 3 is 2.58 bits per heavy atom. The lowest BCUT2D eigenvalue weighted by atomic mass is 10.2. The van der Waals surface area contributed by atoms with Crippen molar-refractivity contribution >= 4 is 46.0 Å². The number of anilines is 2. The second kappa shape index (κ2) is 7.18. The highest BCUT2D eigenvalue weighted by molar-refractivity contribution is 7.99. The van der Waals surface area contributed by atoms with Crippen LogP contribution in [0.3, 0.4) is 0 Å². The number of amides is 2. The Kier molecular flexibility index (Phi) is 4.81. The second-order valence-corrected chi connectivity index (χ2v) is 6.12. The normalized spacial score (nSPS) is 10.5. The average molecular weight is 340 g/mol. The van der Waals surface area contributed by atoms with Crippen LogP contribution in [-0.2, 0) is 9.59 Å². The number of carbonyl (C=O) groups excluding carboxylic acids is 2. The van der Waals surface area contributed by atoms with Crippen LogP contribution in [0.2, 0.25) is 0 Å². The molecule has 1 heterocycles. The van der Waals surface area contributed by atoms with Gasteiger partial charge < -0.3 is 15.6 Å². The summed E-state index contributed by atoms with van der Waals surface area (Å²) >= 11 is 1.34. The molecule has 3 aromatic rings. The predicted octanol–water partition coefficient (Wildman–Crippen LogP) is 3.25. The van der Waals surface area contributed by atoms with Gasteiger partial charge in [-0.3, -0.25) is 9.59 Å². The summed E-state index contributed by atoms with van der Waals surface area (Å²) in [5.74, 6) is -0.0520. The molecule has 0 aliphatic heterocycles. The SMILES string of the molecule is CC(=O)Nc1cccc(NC(=O)CSc2nc3ccccc3[nH]2)c1. The van der Waals surface area contributed by atoms with Crippen molar-refractivity contribution in [2.45, 2.75) is 12.1 Å². The van der Waals surface area contributed by atoms with Gasteiger partial charge in [0.15, 0.2) is 5.16 Å². The number of thioether (sulfide) groups is 1. The van der Waals surface area contributed by atoms with Crippen LogP contribution in [0.5, 0.6) is 0 Å². The molecule has 0 spiro atoms. The van der Waals surface area contributed by atoms with E-state index >= 15 is 0 Å². The van der Waals surface area contributed by atoms with Crippen LogP contribution in [0.4, 0.5) is 11.4 Å². The summed E-state index contributed by atoms with van der Waals surface area (Å²) in [6.45, 7) is 1.44. The lowest BCUT2D eigenvalue weighted by Crippen LogP contribution is -2.14. The Morgan fingerprint density at radius 2 is 1.83 bits per heavy atom. The maximum absolute atomic E-state index is 12.1. The average Bonchev–Trinajstić information content (AvgIpc) is 2.95. The lowest BCUT2D eigenvalue weighted by molar-refractivity contribution is -0.114. The largest absolute Gasteiger partial charge is 0.333 e. The van der Waals surface area contributed by atoms with Crippen LogP contribution in [0.15, 0.2) is 53.7 Å². The Hall–Kier alpha value is -2.80. The number of benzene rings is 2. The van der Waals surface area contributed by atoms with E-state index in [1.807, 2.05) is 24.3 Å². The van der Waals surface area contributed by atoms with Crippen LogP contribution < -0.4 is 10.6 Å². The molecule has 2 aromatic carbocycles. The van der Waals surface area contributed by atoms with Crippen molar-refractivity contribution in [3.63, 3.8) is 0 Å². The number of para-hydroxylation sites is 2. The number of rotatable bonds is 5. The van der Waals surface area contributed by atoms with Gasteiger partial charge in [-0.2, -0.15) is 0 Å². The topological polar surface area (TPSA) is 86.9 Å². The maximum atomic E-state index is 12.1. The minimum Gasteiger partial charge on any atom is -0.333 e. The molecule has 0 fully saturated rings. The highest BCUT2D eigenvalue weighted by atomic mass is 32.2. The van der Waals surface area contributed by atoms with Gasteiger partial charge in [0.05, 0.1) is 16.8 Å². The summed E-state index contributed by atoms with van der Waals surface area (Å²) in [5.41, 5.74) is 3.11. The van der Waals surface area contributed by atoms with Gasteiger partial charge in [0.1, 0.15) is 0 Å². The third-order valence-corrected chi connectivity index (χ3v) is 4.05. The fraction of sp³-hybridized carbons (Fsp3) is 0.118. The summed E-state index contributed by atoms with van der Waals surface area (Å²) in [6, 6.07) is 14.7. The van der Waals surface area contributed by atoms with Gasteiger partial charge in [0.2, 0.25) is 11.8 Å². The Morgan fingerprint density at radius 1 is 1.08 bits per heavy atom. The zero-order valence-electron chi connectivity index (χ0n) is 13.0. The molecule has 122 valence electrons. The zero-order valence-corrected chi connectivity index (χ0v) is 13.8. The fourth-order valence-corrected chi connectivity index (χ4v) is 2.89. The summed E-state index contributed by atoms with van der Waals surface area (Å²) in [5, 5.41) is 6.19. The molecule has 0 radical (unpaired) electrons. The van der Waals surface area contributed by atoms with Crippen molar-refractivity contribution < 1.29 is 9.59 Å². The summed E-state index contributed by atoms with van der Waals surface area (Å²) in [4.78, 5) is 30.7. The van der Waals surface area contributed by atoms with E-state index in [9.17, 15) is 9.59 Å². The summed E-state index contributed by atoms with van der Waals surface area (Å²) < 4.78 is 0. The smallest absolute Gasteiger partial charge is 0.234 e. The zero-order chi connectivity index (χ0) is 16.9. The minimum absolute atomic E-state index is 0.138. The van der Waals surface area contributed by atoms with Crippen LogP contribution in [0.25, 0.3) is 11.0 Å². The number of nitrogens with one attached hydrogen (secondary N) is 3. The van der Waals surface area contributed by atoms with Crippen LogP contribution in [-0.4, -0.2) is 27.5 Å². The monoisotopic (exact) mass is 340 g/mol. The van der Waals surface area contributed by atoms with Crippen molar-refractivity contribution in [1.29, 1.82) is 0 Å². The molecule has 3 N–H and O–H groups in total. The molecule has 0 unspecified atom stereocenters. The Labute approximate surface area is 143 Å². The van der Waals surface area contributed by atoms with Gasteiger partial charge in [0, 0.05) is 18.3 Å². The molecule has 24 heavy (non-hydrogen) atoms. The van der Waals surface area contributed by atoms with Gasteiger partial charge in [-0.05, 0) is 30.3 Å². The quantitative estimate of drug-likeness (QED) is 0.622. The van der Waals surface area contributed by atoms with Crippen LogP contribution in [0.1, 0.15) is 6.92 Å². The maximum Gasteiger partial charge on any atom is 0.234 e. The molecule has 6 nitrogen and oxygen atoms in total. The summed E-state index contributed by atoms with van der Waals surface area (Å²) in [6.07, 6.45) is 0. The van der Waals surface area contributed by atoms with E-state index in [0.717, 1.165) is 11.0 Å². The molecule has 3 rings (SSSR count). The molecule has 0 aliphatic rings. The molecule has 0 bridgehead atoms. The van der Waals surface area contributed by atoms with E-state index in [2.05, 4.69) is 20.6 Å². The molecule has 0 saturated heterocycles. The van der Waals surface area contributed by atoms with Crippen LogP contribution in [0, 0.1) is 0 Å². The fourth-order valence-electron chi connectivity index (χ4n) is 2.21. The Bertz CT molecular complexity index is 858. The first-order valence-electron chi connectivity index (χ1n) is 7.35. The second-order valence-electron chi connectivity index (χ2n) is 5.16. The van der Waals surface area contributed by atoms with E-state index in [1.165, 1.54) is 18.7 Å². The van der Waals surface area contributed by atoms with Gasteiger partial charge in [-0.1, -0.05) is 30.0 Å². The third-order valence-electron chi connectivity index (χ3n) is 3.17. The Balaban J connectivity index is 1.58. The van der Waals surface area contributed by atoms with Gasteiger partial charge in [-0.25, -0.2) is 4.98 Å². The van der Waals surface area contributed by atoms with E-state index in [-0.39, 0.29) is 17.6 Å². The van der Waals surface area contributed by atoms with Gasteiger partial charge in [0.25, 0.3) is 0 Å². The number of H-pyrrole nitrogens is 1. The highest BCUT2D eigenvalue weighted by Crippen LogP contribution is 2.20. The highest BCUT2D eigenvalue weighted by Gasteiger charge is 2.08. The summed E-state index contributed by atoms with van der Waals surface area (Å²) in [7, 11) is 0. The van der Waals surface area contributed by atoms with Crippen molar-refractivity contribution in [2.24, 2.45) is 0 Å². The number of hydrogen-bond acceptors (Lipinski definition) is 4. The lowest BCUT2D eigenvalue weighted by Gasteiger charge is -2.07. The van der Waals surface area contributed by atoms with Crippen molar-refractivity contribution in [2.75, 3.05) is 16.4 Å². The molecule has 1 aromatic heterocycles. The molecule has 0 atom stereocenters. The van der Waals surface area contributed by atoms with E-state index < -0.39 is 0 Å². The third kappa shape index (κ3) is 4.14. The van der Waals surface area contributed by atoms with Crippen molar-refractivity contribution in [3.05, 3.63) is 48.5 Å². The van der Waals surface area contributed by atoms with Gasteiger partial charge >= 0.3 is 0 Å². The number of aromatic amines is 1. The number of hydrogen-bond donors (Lipinski definition) is 3. The predicted molar refractivity (Wildman–Crippen MR) is 96.2 cm³/mol. The van der Waals surface area contributed by atoms with E-state index in [1.54, 1.807) is 24.3 Å². The van der Waals surface area contributed by atoms with Crippen molar-refractivity contribution in [3.8, 4) is 0 Å². The first-order chi connectivity index (χ1) is 11.6. The number of carbonyl (C=O) groups is 2. The first kappa shape index (κ1) is 16.1. The van der Waals surface area contributed by atoms with E-state index in [4.69, 9.17) is 0 Å². The molecule has 0 saturated carbocycles. The molecule has 2 amide bonds. The van der Waals surface area contributed by atoms with Crippen LogP contribution >= 0.6 is 11.8 Å². The number of aromatic nitrogens is 2. The minimum atomic E-state index is -0.154.